The molecule has 2 heterocycles. The van der Waals surface area contributed by atoms with E-state index in [-0.39, 0.29) is 12.5 Å². The van der Waals surface area contributed by atoms with E-state index in [1.54, 1.807) is 29.2 Å². The second-order valence-electron chi connectivity index (χ2n) is 6.42. The minimum Gasteiger partial charge on any atom is -0.456 e. The van der Waals surface area contributed by atoms with Gasteiger partial charge in [-0.25, -0.2) is 9.78 Å². The van der Waals surface area contributed by atoms with Crippen molar-refractivity contribution in [2.24, 2.45) is 0 Å². The molecule has 28 heavy (non-hydrogen) atoms. The third-order valence-corrected chi connectivity index (χ3v) is 5.67. The number of ether oxygens (including phenoxy) is 1. The van der Waals surface area contributed by atoms with Crippen LogP contribution in [-0.2, 0) is 16.1 Å². The number of hydrogen-bond acceptors (Lipinski definition) is 5. The number of esters is 1. The Hall–Kier alpha value is -2.70. The smallest absolute Gasteiger partial charge is 0.338 e. The van der Waals surface area contributed by atoms with Crippen LogP contribution in [0, 0.1) is 0 Å². The molecule has 2 aromatic carbocycles. The second-order valence-corrected chi connectivity index (χ2v) is 7.72. The zero-order valence-corrected chi connectivity index (χ0v) is 16.5. The summed E-state index contributed by atoms with van der Waals surface area (Å²) in [5.74, 6) is -0.296. The largest absolute Gasteiger partial charge is 0.456 e. The average Bonchev–Trinajstić information content (AvgIpc) is 3.36. The van der Waals surface area contributed by atoms with Gasteiger partial charge in [-0.1, -0.05) is 23.7 Å². The maximum absolute atomic E-state index is 12.3. The van der Waals surface area contributed by atoms with Crippen LogP contribution in [-0.4, -0.2) is 23.4 Å². The quantitative estimate of drug-likeness (QED) is 0.556. The Bertz CT molecular complexity index is 999. The third kappa shape index (κ3) is 4.08. The first kappa shape index (κ1) is 18.7. The molecule has 3 aromatic rings. The van der Waals surface area contributed by atoms with Crippen LogP contribution in [0.25, 0.3) is 10.6 Å². The van der Waals surface area contributed by atoms with Gasteiger partial charge < -0.3 is 9.64 Å². The number of thiazole rings is 1. The summed E-state index contributed by atoms with van der Waals surface area (Å²) in [7, 11) is 0. The van der Waals surface area contributed by atoms with Gasteiger partial charge in [0.25, 0.3) is 0 Å². The fourth-order valence-corrected chi connectivity index (χ4v) is 3.96. The van der Waals surface area contributed by atoms with E-state index in [2.05, 4.69) is 4.98 Å². The average molecular weight is 413 g/mol. The lowest BCUT2D eigenvalue weighted by atomic mass is 10.2. The van der Waals surface area contributed by atoms with Gasteiger partial charge in [-0.3, -0.25) is 4.79 Å². The summed E-state index contributed by atoms with van der Waals surface area (Å²) in [4.78, 5) is 30.3. The van der Waals surface area contributed by atoms with Gasteiger partial charge in [-0.15, -0.1) is 11.3 Å². The number of carbonyl (C=O) groups excluding carboxylic acids is 2. The molecular formula is C21H17ClN2O3S. The number of halogens is 1. The summed E-state index contributed by atoms with van der Waals surface area (Å²) >= 11 is 7.40. The number of carbonyl (C=O) groups is 2. The highest BCUT2D eigenvalue weighted by atomic mass is 35.5. The van der Waals surface area contributed by atoms with E-state index in [9.17, 15) is 9.59 Å². The fourth-order valence-electron chi connectivity index (χ4n) is 3.02. The molecule has 1 aromatic heterocycles. The molecule has 0 bridgehead atoms. The van der Waals surface area contributed by atoms with Crippen LogP contribution >= 0.6 is 22.9 Å². The number of aromatic nitrogens is 1. The van der Waals surface area contributed by atoms with Crippen molar-refractivity contribution in [3.05, 3.63) is 70.2 Å². The van der Waals surface area contributed by atoms with Crippen LogP contribution < -0.4 is 4.90 Å². The van der Waals surface area contributed by atoms with E-state index in [4.69, 9.17) is 16.3 Å². The first-order chi connectivity index (χ1) is 13.6. The van der Waals surface area contributed by atoms with Gasteiger partial charge in [-0.2, -0.15) is 0 Å². The lowest BCUT2D eigenvalue weighted by molar-refractivity contribution is -0.117. The molecule has 142 valence electrons. The predicted octanol–water partition coefficient (Wildman–Crippen LogP) is 4.95. The van der Waals surface area contributed by atoms with Crippen molar-refractivity contribution < 1.29 is 14.3 Å². The molecule has 4 rings (SSSR count). The summed E-state index contributed by atoms with van der Waals surface area (Å²) in [6.07, 6.45) is 1.45. The molecule has 1 amide bonds. The van der Waals surface area contributed by atoms with Crippen LogP contribution in [0.3, 0.4) is 0 Å². The number of nitrogens with zero attached hydrogens (tertiary/aromatic N) is 2. The minimum atomic E-state index is -0.416. The first-order valence-corrected chi connectivity index (χ1v) is 10.1. The summed E-state index contributed by atoms with van der Waals surface area (Å²) in [5, 5.41) is 3.40. The molecule has 1 saturated heterocycles. The zero-order chi connectivity index (χ0) is 19.5. The molecular weight excluding hydrogens is 396 g/mol. The fraction of sp³-hybridized carbons (Fsp3) is 0.190. The van der Waals surface area contributed by atoms with Crippen molar-refractivity contribution in [2.75, 3.05) is 11.4 Å². The molecule has 5 nitrogen and oxygen atoms in total. The molecule has 1 fully saturated rings. The SMILES string of the molecule is O=C(OCc1csc(-c2ccc(Cl)cc2)n1)c1ccc(N2CCCC2=O)cc1. The Morgan fingerprint density at radius 3 is 2.57 bits per heavy atom. The summed E-state index contributed by atoms with van der Waals surface area (Å²) < 4.78 is 5.37. The van der Waals surface area contributed by atoms with Crippen molar-refractivity contribution in [3.8, 4) is 10.6 Å². The van der Waals surface area contributed by atoms with Crippen molar-refractivity contribution in [3.63, 3.8) is 0 Å². The Morgan fingerprint density at radius 1 is 1.14 bits per heavy atom. The van der Waals surface area contributed by atoms with Crippen LogP contribution in [0.2, 0.25) is 5.02 Å². The van der Waals surface area contributed by atoms with E-state index in [0.717, 1.165) is 29.2 Å². The summed E-state index contributed by atoms with van der Waals surface area (Å²) in [6.45, 7) is 0.831. The molecule has 0 aliphatic carbocycles. The molecule has 1 aliphatic rings. The number of benzene rings is 2. The molecule has 1 aliphatic heterocycles. The van der Waals surface area contributed by atoms with Gasteiger partial charge in [0.15, 0.2) is 0 Å². The molecule has 0 radical (unpaired) electrons. The standard InChI is InChI=1S/C21H17ClN2O3S/c22-16-7-3-14(4-8-16)20-23-17(13-28-20)12-27-21(26)15-5-9-18(10-6-15)24-11-1-2-19(24)25/h3-10,13H,1-2,11-12H2. The highest BCUT2D eigenvalue weighted by Crippen LogP contribution is 2.26. The van der Waals surface area contributed by atoms with E-state index in [1.807, 2.05) is 29.6 Å². The maximum atomic E-state index is 12.3. The first-order valence-electron chi connectivity index (χ1n) is 8.88. The molecule has 0 saturated carbocycles. The molecule has 0 unspecified atom stereocenters. The van der Waals surface area contributed by atoms with Crippen molar-refractivity contribution in [2.45, 2.75) is 19.4 Å². The molecule has 0 atom stereocenters. The van der Waals surface area contributed by atoms with Crippen LogP contribution in [0.4, 0.5) is 5.69 Å². The normalized spacial score (nSPS) is 13.8. The second kappa shape index (κ2) is 8.12. The third-order valence-electron chi connectivity index (χ3n) is 4.48. The predicted molar refractivity (Wildman–Crippen MR) is 110 cm³/mol. The topological polar surface area (TPSA) is 59.5 Å². The van der Waals surface area contributed by atoms with E-state index >= 15 is 0 Å². The summed E-state index contributed by atoms with van der Waals surface area (Å²) in [5.41, 5.74) is 2.93. The van der Waals surface area contributed by atoms with Gasteiger partial charge >= 0.3 is 5.97 Å². The van der Waals surface area contributed by atoms with Gasteiger partial charge in [0.2, 0.25) is 5.91 Å². The number of rotatable bonds is 5. The van der Waals surface area contributed by atoms with Crippen molar-refractivity contribution in [1.82, 2.24) is 4.98 Å². The summed E-state index contributed by atoms with van der Waals surface area (Å²) in [6, 6.07) is 14.4. The lowest BCUT2D eigenvalue weighted by Gasteiger charge is -2.15. The monoisotopic (exact) mass is 412 g/mol. The number of anilines is 1. The van der Waals surface area contributed by atoms with Crippen molar-refractivity contribution >= 4 is 40.5 Å². The Balaban J connectivity index is 1.36. The van der Waals surface area contributed by atoms with E-state index < -0.39 is 5.97 Å². The van der Waals surface area contributed by atoms with Gasteiger partial charge in [0, 0.05) is 34.6 Å². The van der Waals surface area contributed by atoms with Gasteiger partial charge in [0.1, 0.15) is 11.6 Å². The highest BCUT2D eigenvalue weighted by molar-refractivity contribution is 7.13. The van der Waals surface area contributed by atoms with E-state index in [1.165, 1.54) is 11.3 Å². The molecule has 7 heteroatoms. The lowest BCUT2D eigenvalue weighted by Crippen LogP contribution is -2.23. The van der Waals surface area contributed by atoms with Gasteiger partial charge in [-0.05, 0) is 42.8 Å². The Morgan fingerprint density at radius 2 is 1.89 bits per heavy atom. The van der Waals surface area contributed by atoms with Crippen LogP contribution in [0.15, 0.2) is 53.9 Å². The maximum Gasteiger partial charge on any atom is 0.338 e. The number of amides is 1. The van der Waals surface area contributed by atoms with Crippen LogP contribution in [0.1, 0.15) is 28.9 Å². The Labute approximate surface area is 171 Å². The zero-order valence-electron chi connectivity index (χ0n) is 14.9. The minimum absolute atomic E-state index is 0.106. The molecule has 0 spiro atoms. The Kier molecular flexibility index (Phi) is 5.41. The van der Waals surface area contributed by atoms with Crippen LogP contribution in [0.5, 0.6) is 0 Å². The molecule has 0 N–H and O–H groups in total. The van der Waals surface area contributed by atoms with E-state index in [0.29, 0.717) is 22.7 Å². The highest BCUT2D eigenvalue weighted by Gasteiger charge is 2.21. The number of hydrogen-bond donors (Lipinski definition) is 0. The van der Waals surface area contributed by atoms with Crippen molar-refractivity contribution in [1.29, 1.82) is 0 Å². The van der Waals surface area contributed by atoms with Gasteiger partial charge in [0.05, 0.1) is 11.3 Å².